The average Bonchev–Trinajstić information content (AvgIpc) is 2.83. The summed E-state index contributed by atoms with van der Waals surface area (Å²) in [7, 11) is 1.70. The second kappa shape index (κ2) is 5.36. The molecule has 1 N–H and O–H groups in total. The van der Waals surface area contributed by atoms with Gasteiger partial charge in [-0.3, -0.25) is 14.9 Å². The van der Waals surface area contributed by atoms with E-state index in [2.05, 4.69) is 5.32 Å². The van der Waals surface area contributed by atoms with Gasteiger partial charge in [0.25, 0.3) is 5.69 Å². The van der Waals surface area contributed by atoms with Crippen LogP contribution in [0.2, 0.25) is 0 Å². The molecule has 0 aliphatic carbocycles. The topological polar surface area (TPSA) is 75.5 Å². The molecule has 1 heterocycles. The van der Waals surface area contributed by atoms with Gasteiger partial charge in [-0.05, 0) is 24.6 Å². The number of hydrogen-bond acceptors (Lipinski definition) is 4. The lowest BCUT2D eigenvalue weighted by atomic mass is 9.96. The monoisotopic (exact) mass is 263 g/mol. The summed E-state index contributed by atoms with van der Waals surface area (Å²) in [5.74, 6) is 0.333. The van der Waals surface area contributed by atoms with Gasteiger partial charge in [-0.25, -0.2) is 0 Å². The van der Waals surface area contributed by atoms with Crippen molar-refractivity contribution in [2.24, 2.45) is 11.8 Å². The molecular weight excluding hydrogens is 246 g/mol. The van der Waals surface area contributed by atoms with Crippen LogP contribution in [-0.2, 0) is 4.79 Å². The number of hydrogen-bond donors (Lipinski definition) is 1. The summed E-state index contributed by atoms with van der Waals surface area (Å²) >= 11 is 0. The maximum Gasteiger partial charge on any atom is 0.269 e. The Balaban J connectivity index is 2.12. The number of nitro groups is 1. The zero-order valence-electron chi connectivity index (χ0n) is 11.0. The van der Waals surface area contributed by atoms with Crippen molar-refractivity contribution >= 4 is 17.3 Å². The van der Waals surface area contributed by atoms with E-state index in [-0.39, 0.29) is 17.5 Å². The molecule has 2 rings (SSSR count). The Bertz CT molecular complexity index is 486. The Kier molecular flexibility index (Phi) is 3.80. The number of rotatable bonds is 3. The molecule has 6 heteroatoms. The molecule has 0 unspecified atom stereocenters. The molecule has 6 nitrogen and oxygen atoms in total. The Labute approximate surface area is 111 Å². The van der Waals surface area contributed by atoms with Crippen molar-refractivity contribution in [3.8, 4) is 0 Å². The third-order valence-corrected chi connectivity index (χ3v) is 3.61. The van der Waals surface area contributed by atoms with Gasteiger partial charge >= 0.3 is 0 Å². The smallest absolute Gasteiger partial charge is 0.269 e. The van der Waals surface area contributed by atoms with Crippen molar-refractivity contribution in [2.75, 3.05) is 25.0 Å². The first kappa shape index (κ1) is 13.5. The maximum atomic E-state index is 12.3. The van der Waals surface area contributed by atoms with Crippen LogP contribution in [0.5, 0.6) is 0 Å². The Morgan fingerprint density at radius 3 is 2.47 bits per heavy atom. The molecule has 0 spiro atoms. The summed E-state index contributed by atoms with van der Waals surface area (Å²) in [5, 5.41) is 13.8. The van der Waals surface area contributed by atoms with E-state index in [9.17, 15) is 14.9 Å². The third-order valence-electron chi connectivity index (χ3n) is 3.61. The fourth-order valence-electron chi connectivity index (χ4n) is 2.31. The maximum absolute atomic E-state index is 12.3. The summed E-state index contributed by atoms with van der Waals surface area (Å²) in [5.41, 5.74) is 0.704. The third kappa shape index (κ3) is 2.73. The molecule has 1 aromatic rings. The van der Waals surface area contributed by atoms with Gasteiger partial charge in [0, 0.05) is 31.4 Å². The summed E-state index contributed by atoms with van der Waals surface area (Å²) in [6.45, 7) is 3.59. The first-order chi connectivity index (χ1) is 9.00. The van der Waals surface area contributed by atoms with Crippen LogP contribution in [0.4, 0.5) is 11.4 Å². The fourth-order valence-corrected chi connectivity index (χ4v) is 2.31. The minimum Gasteiger partial charge on any atom is -0.316 e. The van der Waals surface area contributed by atoms with Crippen molar-refractivity contribution in [1.82, 2.24) is 5.32 Å². The molecule has 1 aromatic carbocycles. The van der Waals surface area contributed by atoms with Gasteiger partial charge in [-0.15, -0.1) is 0 Å². The number of benzene rings is 1. The number of amides is 1. The molecule has 0 radical (unpaired) electrons. The quantitative estimate of drug-likeness (QED) is 0.661. The molecule has 1 aliphatic heterocycles. The first-order valence-corrected chi connectivity index (χ1v) is 6.23. The van der Waals surface area contributed by atoms with Crippen LogP contribution in [0.1, 0.15) is 6.92 Å². The standard InChI is InChI=1S/C13H17N3O3/c1-9-7-14-8-12(9)13(17)15(2)10-3-5-11(6-4-10)16(18)19/h3-6,9,12,14H,7-8H2,1-2H3/t9-,12-/m1/s1. The molecule has 0 saturated carbocycles. The zero-order chi connectivity index (χ0) is 14.0. The summed E-state index contributed by atoms with van der Waals surface area (Å²) < 4.78 is 0. The molecule has 102 valence electrons. The predicted molar refractivity (Wildman–Crippen MR) is 72.0 cm³/mol. The number of carbonyl (C=O) groups excluding carboxylic acids is 1. The molecule has 0 aromatic heterocycles. The molecule has 2 atom stereocenters. The lowest BCUT2D eigenvalue weighted by Gasteiger charge is -2.22. The van der Waals surface area contributed by atoms with Crippen molar-refractivity contribution in [3.05, 3.63) is 34.4 Å². The van der Waals surface area contributed by atoms with Crippen molar-refractivity contribution in [3.63, 3.8) is 0 Å². The van der Waals surface area contributed by atoms with Crippen LogP contribution in [-0.4, -0.2) is 31.0 Å². The number of carbonyl (C=O) groups is 1. The normalized spacial score (nSPS) is 22.2. The second-order valence-electron chi connectivity index (χ2n) is 4.91. The van der Waals surface area contributed by atoms with Crippen LogP contribution >= 0.6 is 0 Å². The molecule has 1 amide bonds. The second-order valence-corrected chi connectivity index (χ2v) is 4.91. The molecule has 1 fully saturated rings. The van der Waals surface area contributed by atoms with Gasteiger partial charge in [-0.1, -0.05) is 6.92 Å². The lowest BCUT2D eigenvalue weighted by Crippen LogP contribution is -2.36. The van der Waals surface area contributed by atoms with Gasteiger partial charge in [-0.2, -0.15) is 0 Å². The van der Waals surface area contributed by atoms with Gasteiger partial charge < -0.3 is 10.2 Å². The van der Waals surface area contributed by atoms with Crippen LogP contribution in [0, 0.1) is 22.0 Å². The number of nitrogens with one attached hydrogen (secondary N) is 1. The summed E-state index contributed by atoms with van der Waals surface area (Å²) in [6.07, 6.45) is 0. The average molecular weight is 263 g/mol. The van der Waals surface area contributed by atoms with Crippen LogP contribution in [0.25, 0.3) is 0 Å². The minimum absolute atomic E-state index is 0.0276. The van der Waals surface area contributed by atoms with Crippen LogP contribution < -0.4 is 10.2 Å². The molecular formula is C13H17N3O3. The van der Waals surface area contributed by atoms with Gasteiger partial charge in [0.05, 0.1) is 10.8 Å². The minimum atomic E-state index is -0.450. The fraction of sp³-hybridized carbons (Fsp3) is 0.462. The predicted octanol–water partition coefficient (Wildman–Crippen LogP) is 1.41. The van der Waals surface area contributed by atoms with Gasteiger partial charge in [0.15, 0.2) is 0 Å². The van der Waals surface area contributed by atoms with E-state index in [0.717, 1.165) is 6.54 Å². The molecule has 19 heavy (non-hydrogen) atoms. The van der Waals surface area contributed by atoms with E-state index in [1.54, 1.807) is 24.1 Å². The number of nitro benzene ring substituents is 1. The summed E-state index contributed by atoms with van der Waals surface area (Å²) in [6, 6.07) is 6.02. The number of non-ortho nitro benzene ring substituents is 1. The van der Waals surface area contributed by atoms with E-state index < -0.39 is 4.92 Å². The van der Waals surface area contributed by atoms with E-state index >= 15 is 0 Å². The van der Waals surface area contributed by atoms with Gasteiger partial charge in [0.1, 0.15) is 0 Å². The Morgan fingerprint density at radius 2 is 2.00 bits per heavy atom. The highest BCUT2D eigenvalue weighted by Crippen LogP contribution is 2.23. The SMILES string of the molecule is C[C@@H]1CNC[C@H]1C(=O)N(C)c1ccc([N+](=O)[O-])cc1. The van der Waals surface area contributed by atoms with E-state index in [4.69, 9.17) is 0 Å². The Hall–Kier alpha value is -1.95. The van der Waals surface area contributed by atoms with Crippen LogP contribution in [0.3, 0.4) is 0 Å². The van der Waals surface area contributed by atoms with Crippen molar-refractivity contribution in [2.45, 2.75) is 6.92 Å². The molecule has 1 aliphatic rings. The molecule has 0 bridgehead atoms. The highest BCUT2D eigenvalue weighted by molar-refractivity contribution is 5.95. The van der Waals surface area contributed by atoms with Crippen molar-refractivity contribution < 1.29 is 9.72 Å². The number of anilines is 1. The number of nitrogens with zero attached hydrogens (tertiary/aromatic N) is 2. The zero-order valence-corrected chi connectivity index (χ0v) is 11.0. The first-order valence-electron chi connectivity index (χ1n) is 6.23. The van der Waals surface area contributed by atoms with E-state index in [1.165, 1.54) is 12.1 Å². The highest BCUT2D eigenvalue weighted by Gasteiger charge is 2.32. The largest absolute Gasteiger partial charge is 0.316 e. The van der Waals surface area contributed by atoms with Crippen molar-refractivity contribution in [1.29, 1.82) is 0 Å². The van der Waals surface area contributed by atoms with Gasteiger partial charge in [0.2, 0.25) is 5.91 Å². The Morgan fingerprint density at radius 1 is 1.37 bits per heavy atom. The van der Waals surface area contributed by atoms with E-state index in [1.807, 2.05) is 6.92 Å². The molecule has 1 saturated heterocycles. The van der Waals surface area contributed by atoms with Crippen LogP contribution in [0.15, 0.2) is 24.3 Å². The lowest BCUT2D eigenvalue weighted by molar-refractivity contribution is -0.384. The van der Waals surface area contributed by atoms with E-state index in [0.29, 0.717) is 18.2 Å². The highest BCUT2D eigenvalue weighted by atomic mass is 16.6. The summed E-state index contributed by atoms with van der Waals surface area (Å²) in [4.78, 5) is 24.0.